The van der Waals surface area contributed by atoms with Gasteiger partial charge < -0.3 is 10.2 Å². The van der Waals surface area contributed by atoms with Crippen LogP contribution >= 0.6 is 11.6 Å². The molecule has 1 aliphatic rings. The predicted molar refractivity (Wildman–Crippen MR) is 70.5 cm³/mol. The lowest BCUT2D eigenvalue weighted by molar-refractivity contribution is 0.490. The average Bonchev–Trinajstić information content (AvgIpc) is 2.58. The van der Waals surface area contributed by atoms with Crippen LogP contribution < -0.4 is 10.2 Å². The van der Waals surface area contributed by atoms with E-state index in [-0.39, 0.29) is 0 Å². The maximum Gasteiger partial charge on any atom is 0.0459 e. The Morgan fingerprint density at radius 3 is 2.94 bits per heavy atom. The molecule has 0 saturated heterocycles. The topological polar surface area (TPSA) is 15.3 Å². The van der Waals surface area contributed by atoms with Crippen LogP contribution in [-0.4, -0.2) is 26.2 Å². The molecule has 88 valence electrons. The molecule has 1 aromatic rings. The lowest BCUT2D eigenvalue weighted by Crippen LogP contribution is -2.35. The van der Waals surface area contributed by atoms with Crippen molar-refractivity contribution in [3.8, 4) is 0 Å². The van der Waals surface area contributed by atoms with Crippen LogP contribution in [0.5, 0.6) is 0 Å². The maximum absolute atomic E-state index is 6.23. The van der Waals surface area contributed by atoms with Crippen molar-refractivity contribution in [2.24, 2.45) is 0 Å². The molecule has 1 aliphatic heterocycles. The SMILES string of the molecule is CNC(C)CC1Cc2c(Cl)cccc2N1C. The van der Waals surface area contributed by atoms with E-state index in [0.29, 0.717) is 12.1 Å². The smallest absolute Gasteiger partial charge is 0.0459 e. The van der Waals surface area contributed by atoms with Crippen molar-refractivity contribution in [2.75, 3.05) is 19.0 Å². The first-order valence-corrected chi connectivity index (χ1v) is 6.18. The molecule has 0 spiro atoms. The number of halogens is 1. The molecule has 2 atom stereocenters. The monoisotopic (exact) mass is 238 g/mol. The van der Waals surface area contributed by atoms with E-state index in [1.54, 1.807) is 0 Å². The number of anilines is 1. The Labute approximate surface area is 103 Å². The zero-order valence-corrected chi connectivity index (χ0v) is 10.9. The Balaban J connectivity index is 2.17. The van der Waals surface area contributed by atoms with Gasteiger partial charge >= 0.3 is 0 Å². The second kappa shape index (κ2) is 4.64. The van der Waals surface area contributed by atoms with E-state index in [0.717, 1.165) is 17.9 Å². The first-order chi connectivity index (χ1) is 7.63. The molecule has 3 heteroatoms. The summed E-state index contributed by atoms with van der Waals surface area (Å²) < 4.78 is 0. The van der Waals surface area contributed by atoms with Crippen molar-refractivity contribution in [3.05, 3.63) is 28.8 Å². The zero-order chi connectivity index (χ0) is 11.7. The molecular weight excluding hydrogens is 220 g/mol. The minimum Gasteiger partial charge on any atom is -0.371 e. The van der Waals surface area contributed by atoms with Crippen molar-refractivity contribution < 1.29 is 0 Å². The molecule has 0 aliphatic carbocycles. The number of nitrogens with zero attached hydrogens (tertiary/aromatic N) is 1. The van der Waals surface area contributed by atoms with Crippen LogP contribution in [0.1, 0.15) is 18.9 Å². The average molecular weight is 239 g/mol. The summed E-state index contributed by atoms with van der Waals surface area (Å²) in [6.45, 7) is 2.22. The number of hydrogen-bond acceptors (Lipinski definition) is 2. The molecule has 1 heterocycles. The van der Waals surface area contributed by atoms with Crippen LogP contribution in [0, 0.1) is 0 Å². The minimum atomic E-state index is 0.542. The van der Waals surface area contributed by atoms with Crippen molar-refractivity contribution in [1.82, 2.24) is 5.32 Å². The van der Waals surface area contributed by atoms with Crippen molar-refractivity contribution >= 4 is 17.3 Å². The lowest BCUT2D eigenvalue weighted by atomic mass is 10.0. The standard InChI is InChI=1S/C13H19ClN2/c1-9(15-2)7-10-8-11-12(14)5-4-6-13(11)16(10)3/h4-6,9-10,15H,7-8H2,1-3H3. The molecule has 2 nitrogen and oxygen atoms in total. The number of fused-ring (bicyclic) bond motifs is 1. The summed E-state index contributed by atoms with van der Waals surface area (Å²) in [4.78, 5) is 2.36. The summed E-state index contributed by atoms with van der Waals surface area (Å²) in [6, 6.07) is 7.28. The lowest BCUT2D eigenvalue weighted by Gasteiger charge is -2.25. The van der Waals surface area contributed by atoms with Gasteiger partial charge in [0.05, 0.1) is 0 Å². The van der Waals surface area contributed by atoms with Crippen LogP contribution in [0.25, 0.3) is 0 Å². The highest BCUT2D eigenvalue weighted by Gasteiger charge is 2.28. The van der Waals surface area contributed by atoms with Gasteiger partial charge in [-0.2, -0.15) is 0 Å². The fourth-order valence-electron chi connectivity index (χ4n) is 2.42. The fourth-order valence-corrected chi connectivity index (χ4v) is 2.66. The summed E-state index contributed by atoms with van der Waals surface area (Å²) in [5.74, 6) is 0. The quantitative estimate of drug-likeness (QED) is 0.871. The van der Waals surface area contributed by atoms with Gasteiger partial charge in [-0.05, 0) is 44.5 Å². The van der Waals surface area contributed by atoms with Crippen LogP contribution in [0.2, 0.25) is 5.02 Å². The van der Waals surface area contributed by atoms with E-state index in [1.807, 2.05) is 19.2 Å². The van der Waals surface area contributed by atoms with E-state index in [4.69, 9.17) is 11.6 Å². The normalized spacial score (nSPS) is 21.0. The molecule has 0 aromatic heterocycles. The first kappa shape index (κ1) is 11.7. The second-order valence-electron chi connectivity index (χ2n) is 4.63. The van der Waals surface area contributed by atoms with Crippen LogP contribution in [0.4, 0.5) is 5.69 Å². The van der Waals surface area contributed by atoms with Gasteiger partial charge in [0, 0.05) is 29.8 Å². The largest absolute Gasteiger partial charge is 0.371 e. The van der Waals surface area contributed by atoms with E-state index >= 15 is 0 Å². The highest BCUT2D eigenvalue weighted by atomic mass is 35.5. The van der Waals surface area contributed by atoms with Gasteiger partial charge in [0.2, 0.25) is 0 Å². The van der Waals surface area contributed by atoms with E-state index in [9.17, 15) is 0 Å². The highest BCUT2D eigenvalue weighted by Crippen LogP contribution is 2.36. The highest BCUT2D eigenvalue weighted by molar-refractivity contribution is 6.31. The molecule has 2 rings (SSSR count). The molecule has 0 fully saturated rings. The summed E-state index contributed by atoms with van der Waals surface area (Å²) in [6.07, 6.45) is 2.22. The molecule has 0 amide bonds. The number of likely N-dealkylation sites (N-methyl/N-ethyl adjacent to an activating group) is 1. The molecule has 0 bridgehead atoms. The Morgan fingerprint density at radius 1 is 1.56 bits per heavy atom. The number of benzene rings is 1. The first-order valence-electron chi connectivity index (χ1n) is 5.81. The Kier molecular flexibility index (Phi) is 3.41. The van der Waals surface area contributed by atoms with Gasteiger partial charge in [-0.1, -0.05) is 17.7 Å². The molecule has 0 saturated carbocycles. The van der Waals surface area contributed by atoms with Crippen molar-refractivity contribution in [3.63, 3.8) is 0 Å². The maximum atomic E-state index is 6.23. The third kappa shape index (κ3) is 2.04. The Hall–Kier alpha value is -0.730. The second-order valence-corrected chi connectivity index (χ2v) is 5.04. The van der Waals surface area contributed by atoms with E-state index in [1.165, 1.54) is 11.3 Å². The van der Waals surface area contributed by atoms with Gasteiger partial charge in [-0.25, -0.2) is 0 Å². The number of rotatable bonds is 3. The van der Waals surface area contributed by atoms with Crippen molar-refractivity contribution in [2.45, 2.75) is 31.8 Å². The van der Waals surface area contributed by atoms with Gasteiger partial charge in [-0.15, -0.1) is 0 Å². The van der Waals surface area contributed by atoms with E-state index < -0.39 is 0 Å². The summed E-state index contributed by atoms with van der Waals surface area (Å²) >= 11 is 6.23. The Morgan fingerprint density at radius 2 is 2.31 bits per heavy atom. The predicted octanol–water partition coefficient (Wildman–Crippen LogP) is 2.70. The molecule has 0 radical (unpaired) electrons. The van der Waals surface area contributed by atoms with Gasteiger partial charge in [0.15, 0.2) is 0 Å². The van der Waals surface area contributed by atoms with E-state index in [2.05, 4.69) is 30.3 Å². The molecule has 16 heavy (non-hydrogen) atoms. The third-order valence-corrected chi connectivity index (χ3v) is 3.93. The number of hydrogen-bond donors (Lipinski definition) is 1. The Bertz CT molecular complexity index is 378. The minimum absolute atomic E-state index is 0.542. The molecule has 1 aromatic carbocycles. The fraction of sp³-hybridized carbons (Fsp3) is 0.538. The van der Waals surface area contributed by atoms with Gasteiger partial charge in [0.25, 0.3) is 0 Å². The molecular formula is C13H19ClN2. The van der Waals surface area contributed by atoms with Gasteiger partial charge in [0.1, 0.15) is 0 Å². The van der Waals surface area contributed by atoms with Gasteiger partial charge in [-0.3, -0.25) is 0 Å². The zero-order valence-electron chi connectivity index (χ0n) is 10.1. The van der Waals surface area contributed by atoms with Crippen LogP contribution in [-0.2, 0) is 6.42 Å². The van der Waals surface area contributed by atoms with Crippen molar-refractivity contribution in [1.29, 1.82) is 0 Å². The molecule has 2 unspecified atom stereocenters. The third-order valence-electron chi connectivity index (χ3n) is 3.58. The van der Waals surface area contributed by atoms with Crippen LogP contribution in [0.3, 0.4) is 0 Å². The molecule has 1 N–H and O–H groups in total. The summed E-state index contributed by atoms with van der Waals surface area (Å²) in [7, 11) is 4.18. The summed E-state index contributed by atoms with van der Waals surface area (Å²) in [5, 5.41) is 4.20. The number of nitrogens with one attached hydrogen (secondary N) is 1. The summed E-state index contributed by atoms with van der Waals surface area (Å²) in [5.41, 5.74) is 2.60. The van der Waals surface area contributed by atoms with Crippen LogP contribution in [0.15, 0.2) is 18.2 Å².